The molecule has 158 valence electrons. The average molecular weight is 426 g/mol. The molecule has 5 rings (SSSR count). The molecular weight excluding hydrogens is 406 g/mol. The monoisotopic (exact) mass is 426 g/mol. The third-order valence-electron chi connectivity index (χ3n) is 5.56. The van der Waals surface area contributed by atoms with Crippen LogP contribution in [0.2, 0.25) is 0 Å². The van der Waals surface area contributed by atoms with Crippen molar-refractivity contribution in [3.05, 3.63) is 108 Å². The maximum atomic E-state index is 15.1. The predicted octanol–water partition coefficient (Wildman–Crippen LogP) is 6.19. The lowest BCUT2D eigenvalue weighted by atomic mass is 10.0. The van der Waals surface area contributed by atoms with Crippen molar-refractivity contribution in [3.63, 3.8) is 0 Å². The van der Waals surface area contributed by atoms with Crippen LogP contribution in [0.5, 0.6) is 0 Å². The largest absolute Gasteiger partial charge is 0.353 e. The minimum atomic E-state index is -0.306. The molecule has 2 aromatic heterocycles. The summed E-state index contributed by atoms with van der Waals surface area (Å²) in [5.74, 6) is -0.601. The van der Waals surface area contributed by atoms with Gasteiger partial charge in [0, 0.05) is 36.4 Å². The summed E-state index contributed by atoms with van der Waals surface area (Å²) in [7, 11) is 0. The first-order valence-electron chi connectivity index (χ1n) is 10.3. The lowest BCUT2D eigenvalue weighted by molar-refractivity contribution is 0.621. The fourth-order valence-corrected chi connectivity index (χ4v) is 4.04. The van der Waals surface area contributed by atoms with Gasteiger partial charge >= 0.3 is 0 Å². The summed E-state index contributed by atoms with van der Waals surface area (Å²) in [6.45, 7) is 2.31. The van der Waals surface area contributed by atoms with E-state index in [2.05, 4.69) is 19.9 Å². The van der Waals surface area contributed by atoms with Crippen LogP contribution in [-0.2, 0) is 6.54 Å². The van der Waals surface area contributed by atoms with Gasteiger partial charge in [-0.1, -0.05) is 24.3 Å². The van der Waals surface area contributed by atoms with E-state index in [1.54, 1.807) is 49.1 Å². The number of hydrogen-bond donors (Lipinski definition) is 0. The van der Waals surface area contributed by atoms with E-state index in [9.17, 15) is 4.39 Å². The van der Waals surface area contributed by atoms with Crippen LogP contribution in [-0.4, -0.2) is 16.2 Å². The molecule has 1 unspecified atom stereocenters. The van der Waals surface area contributed by atoms with Crippen molar-refractivity contribution in [1.82, 2.24) is 9.97 Å². The zero-order chi connectivity index (χ0) is 22.1. The average Bonchev–Trinajstić information content (AvgIpc) is 2.79. The Balaban J connectivity index is 1.51. The van der Waals surface area contributed by atoms with E-state index >= 15 is 4.39 Å². The third kappa shape index (κ3) is 3.87. The van der Waals surface area contributed by atoms with Crippen molar-refractivity contribution in [1.29, 1.82) is 0 Å². The van der Waals surface area contributed by atoms with Crippen molar-refractivity contribution >= 4 is 17.6 Å². The van der Waals surface area contributed by atoms with Crippen molar-refractivity contribution in [2.24, 2.45) is 4.99 Å². The van der Waals surface area contributed by atoms with Gasteiger partial charge in [-0.15, -0.1) is 0 Å². The van der Waals surface area contributed by atoms with E-state index in [0.29, 0.717) is 12.1 Å². The van der Waals surface area contributed by atoms with E-state index in [1.165, 1.54) is 12.1 Å². The van der Waals surface area contributed by atoms with Crippen LogP contribution < -0.4 is 4.90 Å². The standard InChI is InChI=1S/C26H20F2N4/c1-17-11-19(7-10-30-17)22-6-5-18(12-23(22)28)16-32-25-8-9-29-14-24(25)31-15-26(32)20-3-2-4-21(27)13-20/h2-15,26H,16H2,1H3. The van der Waals surface area contributed by atoms with Crippen LogP contribution in [0, 0.1) is 18.6 Å². The molecule has 0 N–H and O–H groups in total. The van der Waals surface area contributed by atoms with Crippen LogP contribution in [0.3, 0.4) is 0 Å². The lowest BCUT2D eigenvalue weighted by Gasteiger charge is -2.35. The molecule has 0 amide bonds. The second kappa shape index (κ2) is 8.30. The number of pyridine rings is 2. The molecule has 0 bridgehead atoms. The molecule has 2 aromatic carbocycles. The van der Waals surface area contributed by atoms with Crippen molar-refractivity contribution in [2.75, 3.05) is 4.90 Å². The highest BCUT2D eigenvalue weighted by Crippen LogP contribution is 2.39. The van der Waals surface area contributed by atoms with Gasteiger partial charge in [0.15, 0.2) is 0 Å². The Morgan fingerprint density at radius 3 is 2.69 bits per heavy atom. The minimum absolute atomic E-state index is 0.286. The smallest absolute Gasteiger partial charge is 0.131 e. The number of benzene rings is 2. The Labute approximate surface area is 184 Å². The number of aromatic nitrogens is 2. The number of halogens is 2. The molecule has 1 atom stereocenters. The van der Waals surface area contributed by atoms with Crippen LogP contribution in [0.4, 0.5) is 20.2 Å². The molecule has 0 spiro atoms. The summed E-state index contributed by atoms with van der Waals surface area (Å²) in [4.78, 5) is 14.9. The van der Waals surface area contributed by atoms with Crippen molar-refractivity contribution in [2.45, 2.75) is 19.5 Å². The molecule has 1 aliphatic rings. The normalized spacial score (nSPS) is 15.0. The van der Waals surface area contributed by atoms with Gasteiger partial charge in [-0.2, -0.15) is 0 Å². The lowest BCUT2D eigenvalue weighted by Crippen LogP contribution is -2.31. The van der Waals surface area contributed by atoms with Crippen LogP contribution in [0.1, 0.15) is 22.9 Å². The number of anilines is 1. The Morgan fingerprint density at radius 2 is 1.88 bits per heavy atom. The summed E-state index contributed by atoms with van der Waals surface area (Å²) in [6, 6.07) is 17.0. The Kier molecular flexibility index (Phi) is 5.19. The second-order valence-corrected chi connectivity index (χ2v) is 7.77. The Morgan fingerprint density at radius 1 is 0.969 bits per heavy atom. The number of rotatable bonds is 4. The fourth-order valence-electron chi connectivity index (χ4n) is 4.04. The second-order valence-electron chi connectivity index (χ2n) is 7.77. The summed E-state index contributed by atoms with van der Waals surface area (Å²) in [5, 5.41) is 0. The molecule has 0 radical (unpaired) electrons. The SMILES string of the molecule is Cc1cc(-c2ccc(CN3c4ccncc4N=CC3c3cccc(F)c3)cc2F)ccn1. The fraction of sp³-hybridized carbons (Fsp3) is 0.115. The summed E-state index contributed by atoms with van der Waals surface area (Å²) >= 11 is 0. The number of aliphatic imine (C=N–C) groups is 1. The van der Waals surface area contributed by atoms with Gasteiger partial charge in [0.1, 0.15) is 17.3 Å². The van der Waals surface area contributed by atoms with E-state index in [4.69, 9.17) is 0 Å². The van der Waals surface area contributed by atoms with Gasteiger partial charge in [-0.25, -0.2) is 8.78 Å². The predicted molar refractivity (Wildman–Crippen MR) is 122 cm³/mol. The molecule has 0 saturated carbocycles. The van der Waals surface area contributed by atoms with Gasteiger partial charge in [0.2, 0.25) is 0 Å². The number of hydrogen-bond acceptors (Lipinski definition) is 4. The number of aryl methyl sites for hydroxylation is 1. The topological polar surface area (TPSA) is 41.4 Å². The van der Waals surface area contributed by atoms with E-state index in [1.807, 2.05) is 31.2 Å². The third-order valence-corrected chi connectivity index (χ3v) is 5.56. The zero-order valence-electron chi connectivity index (χ0n) is 17.4. The quantitative estimate of drug-likeness (QED) is 0.390. The highest BCUT2D eigenvalue weighted by Gasteiger charge is 2.26. The van der Waals surface area contributed by atoms with Gasteiger partial charge in [0.25, 0.3) is 0 Å². The first-order valence-corrected chi connectivity index (χ1v) is 10.3. The summed E-state index contributed by atoms with van der Waals surface area (Å²) in [6.07, 6.45) is 6.85. The highest BCUT2D eigenvalue weighted by molar-refractivity contribution is 5.85. The first-order chi connectivity index (χ1) is 15.6. The molecule has 6 heteroatoms. The molecule has 0 fully saturated rings. The van der Waals surface area contributed by atoms with E-state index < -0.39 is 0 Å². The molecule has 4 aromatic rings. The summed E-state index contributed by atoms with van der Waals surface area (Å²) < 4.78 is 29.0. The van der Waals surface area contributed by atoms with Crippen molar-refractivity contribution < 1.29 is 8.78 Å². The molecule has 3 heterocycles. The van der Waals surface area contributed by atoms with Crippen LogP contribution in [0.15, 0.2) is 84.2 Å². The maximum absolute atomic E-state index is 15.1. The van der Waals surface area contributed by atoms with Gasteiger partial charge in [-0.3, -0.25) is 15.0 Å². The van der Waals surface area contributed by atoms with Crippen LogP contribution in [0.25, 0.3) is 11.1 Å². The minimum Gasteiger partial charge on any atom is -0.353 e. The Bertz CT molecular complexity index is 1320. The summed E-state index contributed by atoms with van der Waals surface area (Å²) in [5.41, 5.74) is 5.33. The molecule has 0 saturated heterocycles. The van der Waals surface area contributed by atoms with Crippen molar-refractivity contribution in [3.8, 4) is 11.1 Å². The number of nitrogens with zero attached hydrogens (tertiary/aromatic N) is 4. The maximum Gasteiger partial charge on any atom is 0.131 e. The van der Waals surface area contributed by atoms with Gasteiger partial charge in [-0.05, 0) is 60.0 Å². The molecule has 32 heavy (non-hydrogen) atoms. The van der Waals surface area contributed by atoms with Crippen LogP contribution >= 0.6 is 0 Å². The van der Waals surface area contributed by atoms with Gasteiger partial charge < -0.3 is 4.90 Å². The van der Waals surface area contributed by atoms with Gasteiger partial charge in [0.05, 0.1) is 17.9 Å². The first kappa shape index (κ1) is 20.0. The number of fused-ring (bicyclic) bond motifs is 1. The zero-order valence-corrected chi connectivity index (χ0v) is 17.4. The molecular formula is C26H20F2N4. The van der Waals surface area contributed by atoms with E-state index in [0.717, 1.165) is 33.8 Å². The molecule has 1 aliphatic heterocycles. The Hall–Kier alpha value is -3.93. The van der Waals surface area contributed by atoms with E-state index in [-0.39, 0.29) is 17.7 Å². The molecule has 4 nitrogen and oxygen atoms in total. The highest BCUT2D eigenvalue weighted by atomic mass is 19.1. The molecule has 0 aliphatic carbocycles.